The molecule has 0 heterocycles. The monoisotopic (exact) mass is 343 g/mol. The van der Waals surface area contributed by atoms with E-state index < -0.39 is 11.9 Å². The zero-order valence-corrected chi connectivity index (χ0v) is 14.0. The Balaban J connectivity index is 1.84. The predicted molar refractivity (Wildman–Crippen MR) is 99.3 cm³/mol. The lowest BCUT2D eigenvalue weighted by molar-refractivity contribution is -0.119. The Kier molecular flexibility index (Phi) is 4.95. The van der Waals surface area contributed by atoms with Crippen LogP contribution in [0, 0.1) is 11.3 Å². The van der Waals surface area contributed by atoms with Gasteiger partial charge in [0.15, 0.2) is 0 Å². The zero-order chi connectivity index (χ0) is 18.5. The van der Waals surface area contributed by atoms with Crippen molar-refractivity contribution in [3.05, 3.63) is 83.4 Å². The summed E-state index contributed by atoms with van der Waals surface area (Å²) in [5.74, 6) is -0.983. The van der Waals surface area contributed by atoms with Gasteiger partial charge >= 0.3 is 0 Å². The second-order valence-electron chi connectivity index (χ2n) is 5.97. The van der Waals surface area contributed by atoms with Gasteiger partial charge in [-0.1, -0.05) is 48.5 Å². The van der Waals surface area contributed by atoms with Crippen LogP contribution in [0.1, 0.15) is 21.5 Å². The lowest BCUT2D eigenvalue weighted by Gasteiger charge is -2.16. The van der Waals surface area contributed by atoms with Gasteiger partial charge in [0.1, 0.15) is 6.04 Å². The first kappa shape index (κ1) is 17.2. The molecule has 26 heavy (non-hydrogen) atoms. The summed E-state index contributed by atoms with van der Waals surface area (Å²) in [4.78, 5) is 24.5. The normalized spacial score (nSPS) is 11.5. The van der Waals surface area contributed by atoms with Crippen molar-refractivity contribution < 1.29 is 9.59 Å². The standard InChI is InChI=1S/C21H17N3O2/c22-13-15-6-3-5-14(11-15)12-19(20(23)25)24-21(26)18-10-4-8-16-7-1-2-9-17(16)18/h1-11,19H,12H2,(H2,23,25)(H,24,26)/t19-/m0/s1. The molecule has 5 heteroatoms. The van der Waals surface area contributed by atoms with Crippen LogP contribution in [-0.2, 0) is 11.2 Å². The maximum absolute atomic E-state index is 12.7. The quantitative estimate of drug-likeness (QED) is 0.745. The Labute approximate surface area is 151 Å². The fourth-order valence-corrected chi connectivity index (χ4v) is 2.89. The van der Waals surface area contributed by atoms with Crippen molar-refractivity contribution in [3.63, 3.8) is 0 Å². The van der Waals surface area contributed by atoms with Gasteiger partial charge in [-0.25, -0.2) is 0 Å². The van der Waals surface area contributed by atoms with Gasteiger partial charge in [0.2, 0.25) is 5.91 Å². The number of nitriles is 1. The van der Waals surface area contributed by atoms with Crippen LogP contribution in [0.25, 0.3) is 10.8 Å². The number of nitrogens with two attached hydrogens (primary N) is 1. The highest BCUT2D eigenvalue weighted by atomic mass is 16.2. The molecule has 0 aliphatic rings. The molecule has 0 saturated heterocycles. The van der Waals surface area contributed by atoms with Crippen LogP contribution in [0.2, 0.25) is 0 Å². The molecule has 0 spiro atoms. The summed E-state index contributed by atoms with van der Waals surface area (Å²) in [7, 11) is 0. The molecule has 128 valence electrons. The van der Waals surface area contributed by atoms with Gasteiger partial charge in [0.25, 0.3) is 5.91 Å². The first-order valence-electron chi connectivity index (χ1n) is 8.15. The molecule has 0 aliphatic heterocycles. The summed E-state index contributed by atoms with van der Waals surface area (Å²) >= 11 is 0. The predicted octanol–water partition coefficient (Wildman–Crippen LogP) is 2.54. The van der Waals surface area contributed by atoms with Crippen molar-refractivity contribution in [2.75, 3.05) is 0 Å². The maximum Gasteiger partial charge on any atom is 0.252 e. The molecule has 3 rings (SSSR count). The molecule has 0 saturated carbocycles. The highest BCUT2D eigenvalue weighted by Gasteiger charge is 2.20. The minimum Gasteiger partial charge on any atom is -0.368 e. The van der Waals surface area contributed by atoms with Gasteiger partial charge in [0, 0.05) is 12.0 Å². The molecule has 3 aromatic rings. The van der Waals surface area contributed by atoms with Crippen LogP contribution in [0.4, 0.5) is 0 Å². The molecule has 3 N–H and O–H groups in total. The molecule has 3 aromatic carbocycles. The van der Waals surface area contributed by atoms with E-state index in [0.717, 1.165) is 16.3 Å². The Morgan fingerprint density at radius 3 is 2.54 bits per heavy atom. The van der Waals surface area contributed by atoms with Crippen LogP contribution < -0.4 is 11.1 Å². The third-order valence-electron chi connectivity index (χ3n) is 4.18. The number of carbonyl (C=O) groups is 2. The summed E-state index contributed by atoms with van der Waals surface area (Å²) in [6.07, 6.45) is 0.224. The Bertz CT molecular complexity index is 1020. The summed E-state index contributed by atoms with van der Waals surface area (Å²) in [6.45, 7) is 0. The number of amides is 2. The highest BCUT2D eigenvalue weighted by Crippen LogP contribution is 2.18. The minimum absolute atomic E-state index is 0.224. The first-order valence-corrected chi connectivity index (χ1v) is 8.15. The summed E-state index contributed by atoms with van der Waals surface area (Å²) in [5.41, 5.74) is 7.21. The highest BCUT2D eigenvalue weighted by molar-refractivity contribution is 6.08. The van der Waals surface area contributed by atoms with Crippen LogP contribution >= 0.6 is 0 Å². The topological polar surface area (TPSA) is 96.0 Å². The number of benzene rings is 3. The van der Waals surface area contributed by atoms with E-state index in [4.69, 9.17) is 11.0 Å². The smallest absolute Gasteiger partial charge is 0.252 e. The first-order chi connectivity index (χ1) is 12.6. The van der Waals surface area contributed by atoms with Gasteiger partial charge in [-0.3, -0.25) is 9.59 Å². The van der Waals surface area contributed by atoms with E-state index in [-0.39, 0.29) is 12.3 Å². The third kappa shape index (κ3) is 3.70. The van der Waals surface area contributed by atoms with Crippen LogP contribution in [-0.4, -0.2) is 17.9 Å². The molecule has 0 aromatic heterocycles. The largest absolute Gasteiger partial charge is 0.368 e. The van der Waals surface area contributed by atoms with E-state index in [1.165, 1.54) is 0 Å². The SMILES string of the molecule is N#Cc1cccc(C[C@H](NC(=O)c2cccc3ccccc23)C(N)=O)c1. The van der Waals surface area contributed by atoms with Crippen molar-refractivity contribution in [2.45, 2.75) is 12.5 Å². The average Bonchev–Trinajstić information content (AvgIpc) is 2.67. The van der Waals surface area contributed by atoms with Gasteiger partial charge in [-0.2, -0.15) is 5.26 Å². The second kappa shape index (κ2) is 7.49. The number of nitrogens with one attached hydrogen (secondary N) is 1. The molecule has 1 atom stereocenters. The maximum atomic E-state index is 12.7. The lowest BCUT2D eigenvalue weighted by atomic mass is 10.0. The zero-order valence-electron chi connectivity index (χ0n) is 14.0. The van der Waals surface area contributed by atoms with Crippen molar-refractivity contribution in [2.24, 2.45) is 5.73 Å². The molecule has 2 amide bonds. The van der Waals surface area contributed by atoms with E-state index in [0.29, 0.717) is 11.1 Å². The van der Waals surface area contributed by atoms with Crippen LogP contribution in [0.5, 0.6) is 0 Å². The Morgan fingerprint density at radius 2 is 1.77 bits per heavy atom. The van der Waals surface area contributed by atoms with Crippen molar-refractivity contribution >= 4 is 22.6 Å². The molecule has 0 fully saturated rings. The van der Waals surface area contributed by atoms with Gasteiger partial charge in [-0.15, -0.1) is 0 Å². The molecule has 0 aliphatic carbocycles. The van der Waals surface area contributed by atoms with Gasteiger partial charge in [-0.05, 0) is 34.5 Å². The summed E-state index contributed by atoms with van der Waals surface area (Å²) < 4.78 is 0. The van der Waals surface area contributed by atoms with Crippen molar-refractivity contribution in [3.8, 4) is 6.07 Å². The van der Waals surface area contributed by atoms with E-state index in [1.807, 2.05) is 30.3 Å². The number of primary amides is 1. The molecule has 0 unspecified atom stereocenters. The van der Waals surface area contributed by atoms with Crippen molar-refractivity contribution in [1.29, 1.82) is 5.26 Å². The van der Waals surface area contributed by atoms with E-state index >= 15 is 0 Å². The van der Waals surface area contributed by atoms with Crippen LogP contribution in [0.3, 0.4) is 0 Å². The molecule has 5 nitrogen and oxygen atoms in total. The minimum atomic E-state index is -0.865. The Hall–Kier alpha value is -3.65. The molecule has 0 radical (unpaired) electrons. The number of rotatable bonds is 5. The Morgan fingerprint density at radius 1 is 1.04 bits per heavy atom. The molecule has 0 bridgehead atoms. The number of hydrogen-bond donors (Lipinski definition) is 2. The summed E-state index contributed by atoms with van der Waals surface area (Å²) in [6, 6.07) is 21.1. The molecular formula is C21H17N3O2. The fraction of sp³-hybridized carbons (Fsp3) is 0.0952. The van der Waals surface area contributed by atoms with E-state index in [9.17, 15) is 9.59 Å². The van der Waals surface area contributed by atoms with Gasteiger partial charge in [0.05, 0.1) is 11.6 Å². The van der Waals surface area contributed by atoms with Gasteiger partial charge < -0.3 is 11.1 Å². The summed E-state index contributed by atoms with van der Waals surface area (Å²) in [5, 5.41) is 13.5. The van der Waals surface area contributed by atoms with E-state index in [1.54, 1.807) is 36.4 Å². The number of hydrogen-bond acceptors (Lipinski definition) is 3. The molecular weight excluding hydrogens is 326 g/mol. The number of carbonyl (C=O) groups excluding carboxylic acids is 2. The second-order valence-corrected chi connectivity index (χ2v) is 5.97. The fourth-order valence-electron chi connectivity index (χ4n) is 2.89. The number of fused-ring (bicyclic) bond motifs is 1. The lowest BCUT2D eigenvalue weighted by Crippen LogP contribution is -2.45. The number of nitrogens with zero attached hydrogens (tertiary/aromatic N) is 1. The average molecular weight is 343 g/mol. The van der Waals surface area contributed by atoms with Crippen LogP contribution in [0.15, 0.2) is 66.7 Å². The van der Waals surface area contributed by atoms with E-state index in [2.05, 4.69) is 11.4 Å². The third-order valence-corrected chi connectivity index (χ3v) is 4.18. The van der Waals surface area contributed by atoms with Crippen molar-refractivity contribution in [1.82, 2.24) is 5.32 Å².